The number of carbonyl (C=O) groups excluding carboxylic acids is 2. The normalized spacial score (nSPS) is 11.5. The van der Waals surface area contributed by atoms with Gasteiger partial charge < -0.3 is 11.1 Å². The first kappa shape index (κ1) is 21.1. The van der Waals surface area contributed by atoms with Gasteiger partial charge in [0.2, 0.25) is 21.8 Å². The van der Waals surface area contributed by atoms with Crippen molar-refractivity contribution in [3.63, 3.8) is 0 Å². The molecular formula is C20H21N3O4S. The van der Waals surface area contributed by atoms with Crippen LogP contribution in [0.1, 0.15) is 15.9 Å². The minimum absolute atomic E-state index is 0.0184. The van der Waals surface area contributed by atoms with Crippen molar-refractivity contribution in [2.24, 2.45) is 5.73 Å². The maximum atomic E-state index is 12.6. The number of primary amides is 1. The Hall–Kier alpha value is -3.23. The largest absolute Gasteiger partial charge is 0.366 e. The van der Waals surface area contributed by atoms with Crippen molar-refractivity contribution < 1.29 is 18.0 Å². The zero-order chi connectivity index (χ0) is 20.6. The smallest absolute Gasteiger partial charge is 0.248 e. The Morgan fingerprint density at radius 3 is 2.29 bits per heavy atom. The zero-order valence-electron chi connectivity index (χ0n) is 15.1. The van der Waals surface area contributed by atoms with E-state index in [0.717, 1.165) is 15.3 Å². The van der Waals surface area contributed by atoms with Gasteiger partial charge in [-0.3, -0.25) is 9.59 Å². The number of carbonyl (C=O) groups is 2. The Balaban J connectivity index is 2.08. The van der Waals surface area contributed by atoms with Crippen LogP contribution in [0.5, 0.6) is 0 Å². The highest BCUT2D eigenvalue weighted by atomic mass is 32.2. The summed E-state index contributed by atoms with van der Waals surface area (Å²) in [5.41, 5.74) is 6.62. The summed E-state index contributed by atoms with van der Waals surface area (Å²) < 4.78 is 26.1. The Labute approximate surface area is 164 Å². The number of nitrogens with two attached hydrogens (primary N) is 1. The fourth-order valence-corrected chi connectivity index (χ4v) is 3.41. The molecule has 2 aromatic rings. The molecule has 7 nitrogen and oxygen atoms in total. The molecule has 0 aliphatic carbocycles. The van der Waals surface area contributed by atoms with Gasteiger partial charge in [-0.1, -0.05) is 36.4 Å². The van der Waals surface area contributed by atoms with E-state index in [1.165, 1.54) is 36.4 Å². The Morgan fingerprint density at radius 1 is 1.07 bits per heavy atom. The molecule has 0 spiro atoms. The average molecular weight is 399 g/mol. The lowest BCUT2D eigenvalue weighted by molar-refractivity contribution is -0.116. The number of nitrogens with zero attached hydrogens (tertiary/aromatic N) is 1. The number of hydrogen-bond acceptors (Lipinski definition) is 4. The Kier molecular flexibility index (Phi) is 7.25. The summed E-state index contributed by atoms with van der Waals surface area (Å²) in [6.45, 7) is 3.14. The van der Waals surface area contributed by atoms with Gasteiger partial charge in [0.1, 0.15) is 0 Å². The summed E-state index contributed by atoms with van der Waals surface area (Å²) in [6, 6.07) is 14.9. The SMILES string of the molecule is C=CCN(CC(=O)Nc1ccc(C(N)=O)cc1)S(=O)(=O)C=Cc1ccccc1. The van der Waals surface area contributed by atoms with Crippen molar-refractivity contribution in [2.45, 2.75) is 0 Å². The Bertz CT molecular complexity index is 968. The summed E-state index contributed by atoms with van der Waals surface area (Å²) in [7, 11) is -3.83. The fourth-order valence-electron chi connectivity index (χ4n) is 2.30. The maximum Gasteiger partial charge on any atom is 0.248 e. The molecule has 0 saturated heterocycles. The van der Waals surface area contributed by atoms with Crippen LogP contribution in [-0.2, 0) is 14.8 Å². The lowest BCUT2D eigenvalue weighted by atomic mass is 10.2. The van der Waals surface area contributed by atoms with E-state index in [0.29, 0.717) is 11.3 Å². The molecule has 146 valence electrons. The molecule has 0 unspecified atom stereocenters. The molecule has 3 N–H and O–H groups in total. The summed E-state index contributed by atoms with van der Waals surface area (Å²) >= 11 is 0. The van der Waals surface area contributed by atoms with Crippen LogP contribution in [0.15, 0.2) is 72.7 Å². The number of benzene rings is 2. The molecule has 2 rings (SSSR count). The second kappa shape index (κ2) is 9.63. The summed E-state index contributed by atoms with van der Waals surface area (Å²) in [4.78, 5) is 23.3. The molecule has 0 heterocycles. The highest BCUT2D eigenvalue weighted by molar-refractivity contribution is 7.92. The maximum absolute atomic E-state index is 12.6. The van der Waals surface area contributed by atoms with Crippen LogP contribution in [0, 0.1) is 0 Å². The topological polar surface area (TPSA) is 110 Å². The molecule has 2 amide bonds. The van der Waals surface area contributed by atoms with Gasteiger partial charge in [-0.25, -0.2) is 8.42 Å². The van der Waals surface area contributed by atoms with Gasteiger partial charge in [-0.05, 0) is 35.9 Å². The number of sulfonamides is 1. The van der Waals surface area contributed by atoms with Gasteiger partial charge in [0.25, 0.3) is 0 Å². The van der Waals surface area contributed by atoms with Gasteiger partial charge in [-0.2, -0.15) is 4.31 Å². The van der Waals surface area contributed by atoms with Gasteiger partial charge in [0.15, 0.2) is 0 Å². The third kappa shape index (κ3) is 6.19. The van der Waals surface area contributed by atoms with E-state index >= 15 is 0 Å². The van der Waals surface area contributed by atoms with Crippen molar-refractivity contribution in [1.82, 2.24) is 4.31 Å². The predicted octanol–water partition coefficient (Wildman–Crippen LogP) is 2.21. The number of nitrogens with one attached hydrogen (secondary N) is 1. The van der Waals surface area contributed by atoms with E-state index in [9.17, 15) is 18.0 Å². The third-order valence-electron chi connectivity index (χ3n) is 3.70. The molecule has 0 aliphatic heterocycles. The van der Waals surface area contributed by atoms with Crippen molar-refractivity contribution in [3.8, 4) is 0 Å². The van der Waals surface area contributed by atoms with Crippen molar-refractivity contribution in [1.29, 1.82) is 0 Å². The van der Waals surface area contributed by atoms with Crippen LogP contribution in [0.3, 0.4) is 0 Å². The minimum Gasteiger partial charge on any atom is -0.366 e. The summed E-state index contributed by atoms with van der Waals surface area (Å²) in [6.07, 6.45) is 2.87. The first-order chi connectivity index (χ1) is 13.3. The van der Waals surface area contributed by atoms with Crippen LogP contribution in [0.4, 0.5) is 5.69 Å². The van der Waals surface area contributed by atoms with Crippen molar-refractivity contribution >= 4 is 33.6 Å². The predicted molar refractivity (Wildman–Crippen MR) is 110 cm³/mol. The summed E-state index contributed by atoms with van der Waals surface area (Å²) in [5, 5.41) is 3.64. The van der Waals surface area contributed by atoms with Crippen LogP contribution in [-0.4, -0.2) is 37.6 Å². The second-order valence-corrected chi connectivity index (χ2v) is 7.65. The number of rotatable bonds is 9. The van der Waals surface area contributed by atoms with E-state index in [1.807, 2.05) is 6.07 Å². The van der Waals surface area contributed by atoms with Gasteiger partial charge in [0, 0.05) is 23.2 Å². The lowest BCUT2D eigenvalue weighted by Gasteiger charge is -2.18. The van der Waals surface area contributed by atoms with E-state index in [4.69, 9.17) is 5.73 Å². The summed E-state index contributed by atoms with van der Waals surface area (Å²) in [5.74, 6) is -1.10. The standard InChI is InChI=1S/C20H21N3O4S/c1-2-13-23(28(26,27)14-12-16-6-4-3-5-7-16)15-19(24)22-18-10-8-17(9-11-18)20(21)25/h2-12,14H,1,13,15H2,(H2,21,25)(H,22,24). The first-order valence-electron chi connectivity index (χ1n) is 8.36. The van der Waals surface area contributed by atoms with Crippen molar-refractivity contribution in [3.05, 3.63) is 83.8 Å². The zero-order valence-corrected chi connectivity index (χ0v) is 15.9. The molecule has 0 radical (unpaired) electrons. The van der Waals surface area contributed by atoms with Crippen LogP contribution < -0.4 is 11.1 Å². The molecule has 0 aromatic heterocycles. The van der Waals surface area contributed by atoms with Crippen molar-refractivity contribution in [2.75, 3.05) is 18.4 Å². The molecule has 28 heavy (non-hydrogen) atoms. The van der Waals surface area contributed by atoms with Gasteiger partial charge >= 0.3 is 0 Å². The minimum atomic E-state index is -3.83. The average Bonchev–Trinajstić information content (AvgIpc) is 2.67. The number of hydrogen-bond donors (Lipinski definition) is 2. The third-order valence-corrected chi connectivity index (χ3v) is 5.18. The molecule has 0 fully saturated rings. The molecule has 0 saturated carbocycles. The van der Waals surface area contributed by atoms with Crippen LogP contribution >= 0.6 is 0 Å². The van der Waals surface area contributed by atoms with Gasteiger partial charge in [-0.15, -0.1) is 6.58 Å². The molecule has 0 atom stereocenters. The molecular weight excluding hydrogens is 378 g/mol. The fraction of sp³-hybridized carbons (Fsp3) is 0.100. The van der Waals surface area contributed by atoms with E-state index in [-0.39, 0.29) is 13.1 Å². The lowest BCUT2D eigenvalue weighted by Crippen LogP contribution is -2.37. The molecule has 8 heteroatoms. The Morgan fingerprint density at radius 2 is 1.71 bits per heavy atom. The highest BCUT2D eigenvalue weighted by Crippen LogP contribution is 2.11. The molecule has 0 bridgehead atoms. The number of anilines is 1. The van der Waals surface area contributed by atoms with E-state index in [1.54, 1.807) is 24.3 Å². The molecule has 0 aliphatic rings. The van der Waals surface area contributed by atoms with Crippen LogP contribution in [0.25, 0.3) is 6.08 Å². The quantitative estimate of drug-likeness (QED) is 0.630. The monoisotopic (exact) mass is 399 g/mol. The van der Waals surface area contributed by atoms with Gasteiger partial charge in [0.05, 0.1) is 6.54 Å². The van der Waals surface area contributed by atoms with E-state index < -0.39 is 21.8 Å². The first-order valence-corrected chi connectivity index (χ1v) is 9.86. The van der Waals surface area contributed by atoms with Crippen LogP contribution in [0.2, 0.25) is 0 Å². The highest BCUT2D eigenvalue weighted by Gasteiger charge is 2.21. The molecule has 2 aromatic carbocycles. The number of amides is 2. The second-order valence-electron chi connectivity index (χ2n) is 5.83. The van der Waals surface area contributed by atoms with E-state index in [2.05, 4.69) is 11.9 Å².